The van der Waals surface area contributed by atoms with Gasteiger partial charge in [-0.25, -0.2) is 9.83 Å². The van der Waals surface area contributed by atoms with Gasteiger partial charge in [0.25, 0.3) is 0 Å². The van der Waals surface area contributed by atoms with Gasteiger partial charge in [0.2, 0.25) is 0 Å². The fourth-order valence-corrected chi connectivity index (χ4v) is 7.99. The summed E-state index contributed by atoms with van der Waals surface area (Å²) in [6, 6.07) is 70.4. The van der Waals surface area contributed by atoms with Crippen LogP contribution in [0.25, 0.3) is 99.0 Å². The maximum atomic E-state index is 8.03. The average Bonchev–Trinajstić information content (AvgIpc) is 3.60. The monoisotopic (exact) mass is 699 g/mol. The first kappa shape index (κ1) is 32.1. The van der Waals surface area contributed by atoms with Gasteiger partial charge in [-0.05, 0) is 92.7 Å². The Balaban J connectivity index is 1.20. The van der Waals surface area contributed by atoms with Crippen molar-refractivity contribution in [3.05, 3.63) is 212 Å². The molecule has 0 N–H and O–H groups in total. The lowest BCUT2D eigenvalue weighted by Crippen LogP contribution is -1.97. The third-order valence-corrected chi connectivity index (χ3v) is 10.6. The molecule has 0 saturated carbocycles. The van der Waals surface area contributed by atoms with Gasteiger partial charge in [0.1, 0.15) is 0 Å². The zero-order valence-electron chi connectivity index (χ0n) is 29.9. The molecular weight excluding hydrogens is 667 g/mol. The predicted octanol–water partition coefficient (Wildman–Crippen LogP) is 14.2. The summed E-state index contributed by atoms with van der Waals surface area (Å²) in [7, 11) is 0. The molecule has 10 aromatic rings. The molecule has 0 aliphatic carbocycles. The Morgan fingerprint density at radius 2 is 0.982 bits per heavy atom. The summed E-state index contributed by atoms with van der Waals surface area (Å²) in [6.45, 7) is 8.03. The fraction of sp³-hybridized carbons (Fsp3) is 0. The molecule has 8 aromatic carbocycles. The molecule has 2 aromatic heterocycles. The number of para-hydroxylation sites is 2. The highest BCUT2D eigenvalue weighted by Gasteiger charge is 2.17. The van der Waals surface area contributed by atoms with Crippen LogP contribution in [0.5, 0.6) is 0 Å². The fourth-order valence-electron chi connectivity index (χ4n) is 7.99. The number of fused-ring (bicyclic) bond motifs is 4. The minimum absolute atomic E-state index is 0.617. The molecule has 0 saturated heterocycles. The molecular formula is C52H33N3. The lowest BCUT2D eigenvalue weighted by atomic mass is 9.97. The minimum Gasteiger partial charge on any atom is -0.309 e. The van der Waals surface area contributed by atoms with Crippen molar-refractivity contribution < 1.29 is 0 Å². The summed E-state index contributed by atoms with van der Waals surface area (Å²) < 4.78 is 2.37. The van der Waals surface area contributed by atoms with Crippen LogP contribution < -0.4 is 0 Å². The number of nitrogens with zero attached hydrogens (tertiary/aromatic N) is 3. The van der Waals surface area contributed by atoms with E-state index in [-0.39, 0.29) is 0 Å². The van der Waals surface area contributed by atoms with E-state index in [0.717, 1.165) is 61.5 Å². The highest BCUT2D eigenvalue weighted by atomic mass is 15.0. The van der Waals surface area contributed by atoms with Crippen molar-refractivity contribution in [2.75, 3.05) is 0 Å². The molecule has 55 heavy (non-hydrogen) atoms. The highest BCUT2D eigenvalue weighted by Crippen LogP contribution is 2.40. The molecule has 0 radical (unpaired) electrons. The number of aromatic nitrogens is 2. The summed E-state index contributed by atoms with van der Waals surface area (Å²) in [4.78, 5) is 9.23. The molecule has 3 nitrogen and oxygen atoms in total. The SMILES string of the molecule is [C-]#[N+]c1ccccc1-c1cc(-c2cccc(-c3cccc4ccccc34)n2)cc(-n2c3ccccc3c3ccc(-c4cccc(-c5ccccc5)c4)cc32)c1. The van der Waals surface area contributed by atoms with E-state index < -0.39 is 0 Å². The maximum Gasteiger partial charge on any atom is 0.194 e. The van der Waals surface area contributed by atoms with Crippen LogP contribution in [0.4, 0.5) is 5.69 Å². The number of pyridine rings is 1. The van der Waals surface area contributed by atoms with Crippen LogP contribution in [0.2, 0.25) is 0 Å². The van der Waals surface area contributed by atoms with Crippen LogP contribution in [-0.2, 0) is 0 Å². The normalized spacial score (nSPS) is 11.3. The van der Waals surface area contributed by atoms with Crippen molar-refractivity contribution in [2.45, 2.75) is 0 Å². The van der Waals surface area contributed by atoms with E-state index in [9.17, 15) is 0 Å². The second kappa shape index (κ2) is 13.5. The van der Waals surface area contributed by atoms with Gasteiger partial charge in [-0.3, -0.25) is 0 Å². The number of benzene rings is 8. The van der Waals surface area contributed by atoms with E-state index in [0.29, 0.717) is 5.69 Å². The van der Waals surface area contributed by atoms with Crippen molar-refractivity contribution in [2.24, 2.45) is 0 Å². The van der Waals surface area contributed by atoms with Crippen molar-refractivity contribution in [1.29, 1.82) is 0 Å². The van der Waals surface area contributed by atoms with Crippen LogP contribution in [0.1, 0.15) is 0 Å². The summed E-state index contributed by atoms with van der Waals surface area (Å²) in [5.41, 5.74) is 14.3. The van der Waals surface area contributed by atoms with Gasteiger partial charge < -0.3 is 4.57 Å². The first-order chi connectivity index (χ1) is 27.2. The Kier molecular flexibility index (Phi) is 7.86. The molecule has 0 spiro atoms. The van der Waals surface area contributed by atoms with Crippen molar-refractivity contribution in [3.8, 4) is 61.6 Å². The van der Waals surface area contributed by atoms with Gasteiger partial charge in [-0.2, -0.15) is 0 Å². The summed E-state index contributed by atoms with van der Waals surface area (Å²) in [6.07, 6.45) is 0. The van der Waals surface area contributed by atoms with E-state index in [1.54, 1.807) is 0 Å². The molecule has 0 amide bonds. The van der Waals surface area contributed by atoms with Crippen molar-refractivity contribution >= 4 is 38.3 Å². The summed E-state index contributed by atoms with van der Waals surface area (Å²) in [5.74, 6) is 0. The van der Waals surface area contributed by atoms with Gasteiger partial charge in [0, 0.05) is 27.6 Å². The minimum atomic E-state index is 0.617. The third kappa shape index (κ3) is 5.74. The van der Waals surface area contributed by atoms with E-state index in [4.69, 9.17) is 11.6 Å². The van der Waals surface area contributed by atoms with E-state index in [2.05, 4.69) is 185 Å². The largest absolute Gasteiger partial charge is 0.309 e. The summed E-state index contributed by atoms with van der Waals surface area (Å²) in [5, 5.41) is 4.73. The Labute approximate surface area is 319 Å². The highest BCUT2D eigenvalue weighted by molar-refractivity contribution is 6.10. The zero-order chi connectivity index (χ0) is 36.7. The smallest absolute Gasteiger partial charge is 0.194 e. The Bertz CT molecular complexity index is 3100. The lowest BCUT2D eigenvalue weighted by molar-refractivity contribution is 1.18. The van der Waals surface area contributed by atoms with Gasteiger partial charge in [0.15, 0.2) is 5.69 Å². The Morgan fingerprint density at radius 3 is 1.87 bits per heavy atom. The zero-order valence-corrected chi connectivity index (χ0v) is 29.9. The second-order valence-electron chi connectivity index (χ2n) is 13.9. The first-order valence-corrected chi connectivity index (χ1v) is 18.5. The average molecular weight is 700 g/mol. The predicted molar refractivity (Wildman–Crippen MR) is 230 cm³/mol. The number of hydrogen-bond donors (Lipinski definition) is 0. The molecule has 10 rings (SSSR count). The molecule has 2 heterocycles. The standard InChI is InChI=1S/C52H33N3/c1-53-49-24-9-7-21-44(49)40-31-41(48-25-13-26-50(54-48)45-23-12-17-36-16-5-6-20-43(36)45)33-42(32-40)55-51-27-10-8-22-46(51)47-29-28-39(34-52(47)55)38-19-11-18-37(30-38)35-14-3-2-4-15-35/h2-34H. The molecule has 0 unspecified atom stereocenters. The topological polar surface area (TPSA) is 22.2 Å². The molecule has 0 atom stereocenters. The molecule has 0 aliphatic rings. The lowest BCUT2D eigenvalue weighted by Gasteiger charge is -2.15. The number of hydrogen-bond acceptors (Lipinski definition) is 1. The Morgan fingerprint density at radius 1 is 0.382 bits per heavy atom. The van der Waals surface area contributed by atoms with Crippen LogP contribution >= 0.6 is 0 Å². The van der Waals surface area contributed by atoms with Gasteiger partial charge in [-0.15, -0.1) is 0 Å². The van der Waals surface area contributed by atoms with Crippen LogP contribution in [0.15, 0.2) is 200 Å². The Hall–Kier alpha value is -7.54. The second-order valence-corrected chi connectivity index (χ2v) is 13.9. The molecule has 0 fully saturated rings. The maximum absolute atomic E-state index is 8.03. The van der Waals surface area contributed by atoms with Crippen LogP contribution in [0, 0.1) is 6.57 Å². The molecule has 3 heteroatoms. The summed E-state index contributed by atoms with van der Waals surface area (Å²) >= 11 is 0. The van der Waals surface area contributed by atoms with Gasteiger partial charge in [-0.1, -0.05) is 152 Å². The molecule has 256 valence electrons. The van der Waals surface area contributed by atoms with Crippen LogP contribution in [0.3, 0.4) is 0 Å². The van der Waals surface area contributed by atoms with Crippen molar-refractivity contribution in [3.63, 3.8) is 0 Å². The van der Waals surface area contributed by atoms with Gasteiger partial charge in [0.05, 0.1) is 29.0 Å². The van der Waals surface area contributed by atoms with Crippen molar-refractivity contribution in [1.82, 2.24) is 9.55 Å². The van der Waals surface area contributed by atoms with Crippen LogP contribution in [-0.4, -0.2) is 9.55 Å². The first-order valence-electron chi connectivity index (χ1n) is 18.5. The van der Waals surface area contributed by atoms with Gasteiger partial charge >= 0.3 is 0 Å². The van der Waals surface area contributed by atoms with E-state index >= 15 is 0 Å². The quantitative estimate of drug-likeness (QED) is 0.158. The third-order valence-electron chi connectivity index (χ3n) is 10.6. The molecule has 0 bridgehead atoms. The number of rotatable bonds is 6. The van der Waals surface area contributed by atoms with E-state index in [1.807, 2.05) is 24.3 Å². The molecule has 0 aliphatic heterocycles. The van der Waals surface area contributed by atoms with E-state index in [1.165, 1.54) is 32.7 Å².